The maximum atomic E-state index is 11.7. The third-order valence-electron chi connectivity index (χ3n) is 3.73. The van der Waals surface area contributed by atoms with Crippen LogP contribution in [0.1, 0.15) is 30.9 Å². The number of rotatable bonds is 7. The zero-order valence-electron chi connectivity index (χ0n) is 14.0. The van der Waals surface area contributed by atoms with Gasteiger partial charge < -0.3 is 14.6 Å². The molecule has 0 unspecified atom stereocenters. The minimum Gasteiger partial charge on any atom is -0.496 e. The van der Waals surface area contributed by atoms with Gasteiger partial charge in [0, 0.05) is 11.4 Å². The SMILES string of the molecule is COc1ccc(Cl)cc1C[C@H](Oc1ccccc1C(C)C)C(=O)O. The van der Waals surface area contributed by atoms with Gasteiger partial charge in [-0.05, 0) is 41.3 Å². The van der Waals surface area contributed by atoms with Gasteiger partial charge in [0.15, 0.2) is 6.10 Å². The molecule has 0 amide bonds. The van der Waals surface area contributed by atoms with Crippen molar-refractivity contribution in [3.8, 4) is 11.5 Å². The number of hydrogen-bond acceptors (Lipinski definition) is 3. The lowest BCUT2D eigenvalue weighted by Gasteiger charge is -2.20. The molecule has 0 aliphatic rings. The van der Waals surface area contributed by atoms with Crippen molar-refractivity contribution in [3.63, 3.8) is 0 Å². The van der Waals surface area contributed by atoms with Crippen LogP contribution in [0, 0.1) is 0 Å². The van der Waals surface area contributed by atoms with E-state index in [0.717, 1.165) is 5.56 Å². The van der Waals surface area contributed by atoms with Gasteiger partial charge in [-0.1, -0.05) is 43.6 Å². The molecule has 0 fully saturated rings. The number of para-hydroxylation sites is 1. The Kier molecular flexibility index (Phi) is 6.10. The summed E-state index contributed by atoms with van der Waals surface area (Å²) in [7, 11) is 1.54. The molecule has 128 valence electrons. The van der Waals surface area contributed by atoms with Gasteiger partial charge in [-0.2, -0.15) is 0 Å². The Morgan fingerprint density at radius 2 is 1.88 bits per heavy atom. The summed E-state index contributed by atoms with van der Waals surface area (Å²) in [6.45, 7) is 4.08. The lowest BCUT2D eigenvalue weighted by Crippen LogP contribution is -2.30. The molecule has 0 aliphatic heterocycles. The Morgan fingerprint density at radius 3 is 2.50 bits per heavy atom. The van der Waals surface area contributed by atoms with E-state index in [0.29, 0.717) is 22.1 Å². The van der Waals surface area contributed by atoms with E-state index in [9.17, 15) is 9.90 Å². The maximum Gasteiger partial charge on any atom is 0.345 e. The molecule has 0 saturated carbocycles. The highest BCUT2D eigenvalue weighted by Crippen LogP contribution is 2.29. The fourth-order valence-corrected chi connectivity index (χ4v) is 2.70. The van der Waals surface area contributed by atoms with Crippen LogP contribution in [0.25, 0.3) is 0 Å². The van der Waals surface area contributed by atoms with Crippen LogP contribution in [0.3, 0.4) is 0 Å². The molecule has 0 aliphatic carbocycles. The minimum absolute atomic E-state index is 0.158. The Labute approximate surface area is 147 Å². The molecule has 0 radical (unpaired) electrons. The molecule has 1 N–H and O–H groups in total. The number of carboxylic acid groups (broad SMARTS) is 1. The number of benzene rings is 2. The zero-order chi connectivity index (χ0) is 17.7. The van der Waals surface area contributed by atoms with Crippen molar-refractivity contribution >= 4 is 17.6 Å². The van der Waals surface area contributed by atoms with Crippen molar-refractivity contribution in [1.29, 1.82) is 0 Å². The number of ether oxygens (including phenoxy) is 2. The first kappa shape index (κ1) is 18.1. The van der Waals surface area contributed by atoms with E-state index >= 15 is 0 Å². The number of hydrogen-bond donors (Lipinski definition) is 1. The van der Waals surface area contributed by atoms with E-state index in [1.54, 1.807) is 24.3 Å². The van der Waals surface area contributed by atoms with E-state index in [1.165, 1.54) is 7.11 Å². The molecular weight excluding hydrogens is 328 g/mol. The zero-order valence-corrected chi connectivity index (χ0v) is 14.7. The highest BCUT2D eigenvalue weighted by molar-refractivity contribution is 6.30. The van der Waals surface area contributed by atoms with E-state index in [4.69, 9.17) is 21.1 Å². The summed E-state index contributed by atoms with van der Waals surface area (Å²) >= 11 is 6.02. The topological polar surface area (TPSA) is 55.8 Å². The van der Waals surface area contributed by atoms with Crippen molar-refractivity contribution in [3.05, 3.63) is 58.6 Å². The van der Waals surface area contributed by atoms with Gasteiger partial charge in [0.25, 0.3) is 0 Å². The molecule has 24 heavy (non-hydrogen) atoms. The molecule has 5 heteroatoms. The Hall–Kier alpha value is -2.20. The summed E-state index contributed by atoms with van der Waals surface area (Å²) in [5.41, 5.74) is 1.67. The fourth-order valence-electron chi connectivity index (χ4n) is 2.50. The Balaban J connectivity index is 2.29. The van der Waals surface area contributed by atoms with Crippen molar-refractivity contribution in [2.75, 3.05) is 7.11 Å². The van der Waals surface area contributed by atoms with Crippen LogP contribution >= 0.6 is 11.6 Å². The minimum atomic E-state index is -1.03. The smallest absolute Gasteiger partial charge is 0.345 e. The molecule has 2 rings (SSSR count). The van der Waals surface area contributed by atoms with E-state index in [1.807, 2.05) is 32.0 Å². The summed E-state index contributed by atoms with van der Waals surface area (Å²) in [4.78, 5) is 11.7. The average molecular weight is 349 g/mol. The van der Waals surface area contributed by atoms with Crippen LogP contribution in [0.5, 0.6) is 11.5 Å². The summed E-state index contributed by atoms with van der Waals surface area (Å²) in [5.74, 6) is 0.374. The number of aliphatic carboxylic acids is 1. The van der Waals surface area contributed by atoms with Crippen LogP contribution in [0.2, 0.25) is 5.02 Å². The molecule has 1 atom stereocenters. The number of methoxy groups -OCH3 is 1. The molecule has 2 aromatic rings. The number of carboxylic acids is 1. The molecule has 0 spiro atoms. The monoisotopic (exact) mass is 348 g/mol. The standard InChI is InChI=1S/C19H21ClO4/c1-12(2)15-6-4-5-7-17(15)24-18(19(21)22)11-13-10-14(20)8-9-16(13)23-3/h4-10,12,18H,11H2,1-3H3,(H,21,22)/t18-/m0/s1. The van der Waals surface area contributed by atoms with Crippen LogP contribution in [-0.4, -0.2) is 24.3 Å². The summed E-state index contributed by atoms with van der Waals surface area (Å²) in [5, 5.41) is 10.1. The average Bonchev–Trinajstić information content (AvgIpc) is 2.54. The van der Waals surface area contributed by atoms with E-state index < -0.39 is 12.1 Å². The molecular formula is C19H21ClO4. The van der Waals surface area contributed by atoms with E-state index in [-0.39, 0.29) is 12.3 Å². The van der Waals surface area contributed by atoms with Crippen molar-refractivity contribution in [2.45, 2.75) is 32.3 Å². The third kappa shape index (κ3) is 4.42. The molecule has 2 aromatic carbocycles. The summed E-state index contributed by atoms with van der Waals surface area (Å²) in [6.07, 6.45) is -0.872. The first-order valence-electron chi connectivity index (χ1n) is 7.73. The second-order valence-corrected chi connectivity index (χ2v) is 6.23. The predicted octanol–water partition coefficient (Wildman–Crippen LogP) is 4.55. The van der Waals surface area contributed by atoms with Gasteiger partial charge >= 0.3 is 5.97 Å². The molecule has 0 saturated heterocycles. The molecule has 4 nitrogen and oxygen atoms in total. The van der Waals surface area contributed by atoms with Crippen LogP contribution in [0.15, 0.2) is 42.5 Å². The molecule has 0 bridgehead atoms. The largest absolute Gasteiger partial charge is 0.496 e. The second-order valence-electron chi connectivity index (χ2n) is 5.80. The third-order valence-corrected chi connectivity index (χ3v) is 3.97. The molecule has 0 aromatic heterocycles. The van der Waals surface area contributed by atoms with Crippen LogP contribution in [-0.2, 0) is 11.2 Å². The van der Waals surface area contributed by atoms with Gasteiger partial charge in [-0.3, -0.25) is 0 Å². The Morgan fingerprint density at radius 1 is 1.17 bits per heavy atom. The highest BCUT2D eigenvalue weighted by Gasteiger charge is 2.23. The maximum absolute atomic E-state index is 11.7. The number of carbonyl (C=O) groups is 1. The quantitative estimate of drug-likeness (QED) is 0.797. The van der Waals surface area contributed by atoms with Gasteiger partial charge in [-0.15, -0.1) is 0 Å². The summed E-state index contributed by atoms with van der Waals surface area (Å²) in [6, 6.07) is 12.6. The lowest BCUT2D eigenvalue weighted by atomic mass is 10.0. The highest BCUT2D eigenvalue weighted by atomic mass is 35.5. The normalized spacial score (nSPS) is 12.0. The van der Waals surface area contributed by atoms with Crippen LogP contribution < -0.4 is 9.47 Å². The van der Waals surface area contributed by atoms with Crippen molar-refractivity contribution < 1.29 is 19.4 Å². The van der Waals surface area contributed by atoms with Gasteiger partial charge in [-0.25, -0.2) is 4.79 Å². The van der Waals surface area contributed by atoms with Gasteiger partial charge in [0.1, 0.15) is 11.5 Å². The van der Waals surface area contributed by atoms with Crippen LogP contribution in [0.4, 0.5) is 0 Å². The van der Waals surface area contributed by atoms with Crippen molar-refractivity contribution in [1.82, 2.24) is 0 Å². The summed E-state index contributed by atoms with van der Waals surface area (Å²) < 4.78 is 11.1. The fraction of sp³-hybridized carbons (Fsp3) is 0.316. The van der Waals surface area contributed by atoms with Gasteiger partial charge in [0.05, 0.1) is 7.11 Å². The van der Waals surface area contributed by atoms with Crippen molar-refractivity contribution in [2.24, 2.45) is 0 Å². The van der Waals surface area contributed by atoms with Gasteiger partial charge in [0.2, 0.25) is 0 Å². The first-order chi connectivity index (χ1) is 11.4. The number of halogens is 1. The second kappa shape index (κ2) is 8.06. The lowest BCUT2D eigenvalue weighted by molar-refractivity contribution is -0.145. The predicted molar refractivity (Wildman–Crippen MR) is 94.3 cm³/mol. The Bertz CT molecular complexity index is 712. The molecule has 0 heterocycles. The van der Waals surface area contributed by atoms with E-state index in [2.05, 4.69) is 0 Å². The first-order valence-corrected chi connectivity index (χ1v) is 8.11.